The fourth-order valence-electron chi connectivity index (χ4n) is 1.27. The predicted molar refractivity (Wildman–Crippen MR) is 69.8 cm³/mol. The Bertz CT molecular complexity index is 433. The first kappa shape index (κ1) is 13.7. The monoisotopic (exact) mass is 256 g/mol. The number of hydrogen-bond donors (Lipinski definition) is 3. The van der Waals surface area contributed by atoms with Gasteiger partial charge in [0.05, 0.1) is 17.2 Å². The number of rotatable bonds is 4. The van der Waals surface area contributed by atoms with Crippen molar-refractivity contribution in [3.63, 3.8) is 0 Å². The van der Waals surface area contributed by atoms with Crippen molar-refractivity contribution in [1.82, 2.24) is 4.98 Å². The summed E-state index contributed by atoms with van der Waals surface area (Å²) in [5, 5.41) is 17.1. The summed E-state index contributed by atoms with van der Waals surface area (Å²) in [6.45, 7) is 3.70. The number of pyridine rings is 1. The number of aliphatic hydroxyl groups is 1. The van der Waals surface area contributed by atoms with E-state index in [2.05, 4.69) is 4.98 Å². The fourth-order valence-corrected chi connectivity index (χ4v) is 1.61. The van der Waals surface area contributed by atoms with Crippen molar-refractivity contribution in [3.8, 4) is 0 Å². The van der Waals surface area contributed by atoms with Crippen molar-refractivity contribution >= 4 is 23.3 Å². The Balaban J connectivity index is 3.24. The lowest BCUT2D eigenvalue weighted by Gasteiger charge is -2.35. The van der Waals surface area contributed by atoms with Gasteiger partial charge in [0.15, 0.2) is 0 Å². The van der Waals surface area contributed by atoms with E-state index in [1.165, 1.54) is 0 Å². The zero-order valence-electron chi connectivity index (χ0n) is 10.2. The minimum atomic E-state index is -0.494. The number of nitrogens with two attached hydrogens (primary N) is 1. The van der Waals surface area contributed by atoms with Crippen LogP contribution in [0.3, 0.4) is 0 Å². The van der Waals surface area contributed by atoms with Gasteiger partial charge in [-0.1, -0.05) is 11.6 Å². The Hall–Kier alpha value is -1.33. The highest BCUT2D eigenvalue weighted by Gasteiger charge is 2.26. The molecule has 0 aliphatic rings. The Kier molecular flexibility index (Phi) is 3.95. The molecule has 0 amide bonds. The summed E-state index contributed by atoms with van der Waals surface area (Å²) in [4.78, 5) is 5.93. The molecule has 1 aromatic rings. The van der Waals surface area contributed by atoms with Crippen molar-refractivity contribution in [2.45, 2.75) is 19.4 Å². The largest absolute Gasteiger partial charge is 0.394 e. The lowest BCUT2D eigenvalue weighted by molar-refractivity contribution is 0.215. The molecule has 0 radical (unpaired) electrons. The van der Waals surface area contributed by atoms with E-state index in [9.17, 15) is 5.11 Å². The van der Waals surface area contributed by atoms with Gasteiger partial charge < -0.3 is 15.7 Å². The van der Waals surface area contributed by atoms with Crippen LogP contribution in [0.2, 0.25) is 5.02 Å². The predicted octanol–water partition coefficient (Wildman–Crippen LogP) is 1.23. The third-order valence-electron chi connectivity index (χ3n) is 2.77. The van der Waals surface area contributed by atoms with E-state index in [0.29, 0.717) is 16.4 Å². The van der Waals surface area contributed by atoms with Crippen LogP contribution in [0, 0.1) is 5.41 Å². The SMILES string of the molecule is CN(c1nccc(C(=N)N)c1Cl)C(C)(C)CO. The van der Waals surface area contributed by atoms with E-state index in [0.717, 1.165) is 0 Å². The van der Waals surface area contributed by atoms with E-state index in [-0.39, 0.29) is 12.4 Å². The smallest absolute Gasteiger partial charge is 0.148 e. The maximum Gasteiger partial charge on any atom is 0.148 e. The number of anilines is 1. The third kappa shape index (κ3) is 2.68. The molecule has 0 atom stereocenters. The Morgan fingerprint density at radius 3 is 2.71 bits per heavy atom. The van der Waals surface area contributed by atoms with Crippen LogP contribution >= 0.6 is 11.6 Å². The Morgan fingerprint density at radius 1 is 1.65 bits per heavy atom. The van der Waals surface area contributed by atoms with Gasteiger partial charge in [0.25, 0.3) is 0 Å². The maximum atomic E-state index is 9.32. The Morgan fingerprint density at radius 2 is 2.24 bits per heavy atom. The number of aromatic nitrogens is 1. The molecule has 1 rings (SSSR count). The van der Waals surface area contributed by atoms with Crippen LogP contribution < -0.4 is 10.6 Å². The van der Waals surface area contributed by atoms with E-state index in [1.807, 2.05) is 13.8 Å². The molecule has 0 saturated carbocycles. The van der Waals surface area contributed by atoms with Gasteiger partial charge in [-0.3, -0.25) is 5.41 Å². The second kappa shape index (κ2) is 4.89. The lowest BCUT2D eigenvalue weighted by atomic mass is 10.0. The average molecular weight is 257 g/mol. The van der Waals surface area contributed by atoms with Gasteiger partial charge in [-0.2, -0.15) is 0 Å². The van der Waals surface area contributed by atoms with E-state index >= 15 is 0 Å². The molecule has 5 nitrogen and oxygen atoms in total. The fraction of sp³-hybridized carbons (Fsp3) is 0.455. The minimum absolute atomic E-state index is 0.0359. The second-order valence-electron chi connectivity index (χ2n) is 4.44. The van der Waals surface area contributed by atoms with Crippen LogP contribution in [0.5, 0.6) is 0 Å². The summed E-state index contributed by atoms with van der Waals surface area (Å²) in [7, 11) is 1.79. The molecule has 17 heavy (non-hydrogen) atoms. The van der Waals surface area contributed by atoms with Crippen molar-refractivity contribution in [3.05, 3.63) is 22.8 Å². The molecular formula is C11H17ClN4O. The van der Waals surface area contributed by atoms with Crippen molar-refractivity contribution in [2.24, 2.45) is 5.73 Å². The van der Waals surface area contributed by atoms with Gasteiger partial charge >= 0.3 is 0 Å². The molecule has 0 bridgehead atoms. The summed E-state index contributed by atoms with van der Waals surface area (Å²) in [6, 6.07) is 1.59. The number of likely N-dealkylation sites (N-methyl/N-ethyl adjacent to an activating group) is 1. The van der Waals surface area contributed by atoms with Gasteiger partial charge in [0.2, 0.25) is 0 Å². The molecule has 6 heteroatoms. The van der Waals surface area contributed by atoms with Crippen LogP contribution in [-0.4, -0.2) is 35.1 Å². The van der Waals surface area contributed by atoms with Crippen molar-refractivity contribution in [2.75, 3.05) is 18.6 Å². The summed E-state index contributed by atoms with van der Waals surface area (Å²) in [5.41, 5.74) is 5.38. The molecule has 94 valence electrons. The first-order valence-corrected chi connectivity index (χ1v) is 5.52. The van der Waals surface area contributed by atoms with Gasteiger partial charge in [-0.25, -0.2) is 4.98 Å². The zero-order chi connectivity index (χ0) is 13.2. The first-order chi connectivity index (χ1) is 7.81. The van der Waals surface area contributed by atoms with E-state index < -0.39 is 5.54 Å². The van der Waals surface area contributed by atoms with Crippen LogP contribution in [0.4, 0.5) is 5.82 Å². The molecule has 0 spiro atoms. The molecule has 0 aliphatic heterocycles. The molecule has 0 unspecified atom stereocenters. The van der Waals surface area contributed by atoms with Gasteiger partial charge in [0, 0.05) is 18.8 Å². The van der Waals surface area contributed by atoms with Gasteiger partial charge in [0.1, 0.15) is 11.7 Å². The summed E-state index contributed by atoms with van der Waals surface area (Å²) >= 11 is 6.16. The topological polar surface area (TPSA) is 86.2 Å². The highest BCUT2D eigenvalue weighted by molar-refractivity contribution is 6.36. The highest BCUT2D eigenvalue weighted by atomic mass is 35.5. The van der Waals surface area contributed by atoms with Crippen LogP contribution in [0.1, 0.15) is 19.4 Å². The maximum absolute atomic E-state index is 9.32. The summed E-state index contributed by atoms with van der Waals surface area (Å²) in [6.07, 6.45) is 1.54. The standard InChI is InChI=1S/C11H17ClN4O/c1-11(2,6-17)16(3)10-8(12)7(9(13)14)4-5-15-10/h4-5,17H,6H2,1-3H3,(H3,13,14). The number of hydrogen-bond acceptors (Lipinski definition) is 4. The molecular weight excluding hydrogens is 240 g/mol. The highest BCUT2D eigenvalue weighted by Crippen LogP contribution is 2.29. The lowest BCUT2D eigenvalue weighted by Crippen LogP contribution is -2.45. The van der Waals surface area contributed by atoms with E-state index in [1.54, 1.807) is 24.2 Å². The third-order valence-corrected chi connectivity index (χ3v) is 3.15. The van der Waals surface area contributed by atoms with Crippen molar-refractivity contribution in [1.29, 1.82) is 5.41 Å². The van der Waals surface area contributed by atoms with E-state index in [4.69, 9.17) is 22.7 Å². The minimum Gasteiger partial charge on any atom is -0.394 e. The number of aliphatic hydroxyl groups excluding tert-OH is 1. The second-order valence-corrected chi connectivity index (χ2v) is 4.82. The number of nitrogens with one attached hydrogen (secondary N) is 1. The molecule has 0 aliphatic carbocycles. The summed E-state index contributed by atoms with van der Waals surface area (Å²) in [5.74, 6) is 0.396. The number of nitrogen functional groups attached to an aromatic ring is 1. The van der Waals surface area contributed by atoms with Crippen LogP contribution in [0.15, 0.2) is 12.3 Å². The van der Waals surface area contributed by atoms with Crippen molar-refractivity contribution < 1.29 is 5.11 Å². The Labute approximate surface area is 106 Å². The molecule has 1 aromatic heterocycles. The number of amidine groups is 1. The molecule has 4 N–H and O–H groups in total. The normalized spacial score (nSPS) is 11.4. The number of halogens is 1. The van der Waals surface area contributed by atoms with Crippen LogP contribution in [-0.2, 0) is 0 Å². The number of nitrogens with zero attached hydrogens (tertiary/aromatic N) is 2. The summed E-state index contributed by atoms with van der Waals surface area (Å²) < 4.78 is 0. The van der Waals surface area contributed by atoms with Crippen LogP contribution in [0.25, 0.3) is 0 Å². The molecule has 0 saturated heterocycles. The quantitative estimate of drug-likeness (QED) is 0.559. The zero-order valence-corrected chi connectivity index (χ0v) is 10.9. The first-order valence-electron chi connectivity index (χ1n) is 5.15. The molecule has 1 heterocycles. The van der Waals surface area contributed by atoms with Gasteiger partial charge in [-0.05, 0) is 19.9 Å². The molecule has 0 aromatic carbocycles. The average Bonchev–Trinajstić information content (AvgIpc) is 2.28. The molecule has 0 fully saturated rings. The van der Waals surface area contributed by atoms with Gasteiger partial charge in [-0.15, -0.1) is 0 Å².